The standard InChI is InChI=1S/C46H33N3O/c1-45(2)34-20-12-18-32-41(34)49(42-30-15-7-10-22-38(30)50-43(32)42)37-24-23-26(25-35(37)45)40-29-14-6-9-21-36(29)47-44(48-40)31-17-11-16-28-27-13-5-8-19-33(27)46(3,4)39(28)31/h5-25H,1-4H3. The van der Waals surface area contributed by atoms with Crippen molar-refractivity contribution in [3.05, 3.63) is 150 Å². The van der Waals surface area contributed by atoms with Gasteiger partial charge in [-0.2, -0.15) is 0 Å². The third-order valence-electron chi connectivity index (χ3n) is 11.6. The number of furan rings is 1. The second kappa shape index (κ2) is 9.36. The van der Waals surface area contributed by atoms with Crippen molar-refractivity contribution in [1.29, 1.82) is 0 Å². The SMILES string of the molecule is CC1(C)c2ccccc2-c2cccc(-c3nc(-c4ccc5c(c4)C(C)(C)c4cccc6c7oc8ccccc8c7n-5c46)c4ccccc4n3)c21. The molecule has 11 rings (SSSR count). The van der Waals surface area contributed by atoms with Crippen LogP contribution in [0.15, 0.2) is 132 Å². The van der Waals surface area contributed by atoms with Gasteiger partial charge in [-0.1, -0.05) is 119 Å². The molecular weight excluding hydrogens is 611 g/mol. The van der Waals surface area contributed by atoms with Crippen molar-refractivity contribution in [1.82, 2.24) is 14.5 Å². The van der Waals surface area contributed by atoms with Gasteiger partial charge in [-0.3, -0.25) is 0 Å². The third-order valence-corrected chi connectivity index (χ3v) is 11.6. The number of hydrogen-bond donors (Lipinski definition) is 0. The summed E-state index contributed by atoms with van der Waals surface area (Å²) in [7, 11) is 0. The average Bonchev–Trinajstić information content (AvgIpc) is 3.76. The van der Waals surface area contributed by atoms with E-state index in [1.165, 1.54) is 44.6 Å². The summed E-state index contributed by atoms with van der Waals surface area (Å²) in [5.41, 5.74) is 16.8. The minimum Gasteiger partial charge on any atom is -0.454 e. The average molecular weight is 644 g/mol. The largest absolute Gasteiger partial charge is 0.454 e. The lowest BCUT2D eigenvalue weighted by molar-refractivity contribution is 0.630. The summed E-state index contributed by atoms with van der Waals surface area (Å²) >= 11 is 0. The van der Waals surface area contributed by atoms with Crippen LogP contribution in [-0.2, 0) is 10.8 Å². The van der Waals surface area contributed by atoms with Crippen LogP contribution < -0.4 is 0 Å². The van der Waals surface area contributed by atoms with Crippen molar-refractivity contribution >= 4 is 43.9 Å². The molecule has 0 spiro atoms. The van der Waals surface area contributed by atoms with Gasteiger partial charge in [-0.25, -0.2) is 9.97 Å². The van der Waals surface area contributed by atoms with Crippen molar-refractivity contribution in [2.45, 2.75) is 38.5 Å². The van der Waals surface area contributed by atoms with Crippen LogP contribution in [0.3, 0.4) is 0 Å². The van der Waals surface area contributed by atoms with Crippen molar-refractivity contribution < 1.29 is 4.42 Å². The zero-order valence-electron chi connectivity index (χ0n) is 28.4. The van der Waals surface area contributed by atoms with Gasteiger partial charge in [-0.15, -0.1) is 0 Å². The molecule has 1 aliphatic carbocycles. The highest BCUT2D eigenvalue weighted by molar-refractivity contribution is 6.18. The molecule has 0 unspecified atom stereocenters. The molecule has 4 heterocycles. The van der Waals surface area contributed by atoms with Crippen LogP contribution in [-0.4, -0.2) is 14.5 Å². The van der Waals surface area contributed by atoms with E-state index in [1.54, 1.807) is 0 Å². The van der Waals surface area contributed by atoms with E-state index in [9.17, 15) is 0 Å². The van der Waals surface area contributed by atoms with E-state index in [1.807, 2.05) is 6.07 Å². The third kappa shape index (κ3) is 3.40. The zero-order chi connectivity index (χ0) is 33.5. The van der Waals surface area contributed by atoms with E-state index in [0.29, 0.717) is 0 Å². The van der Waals surface area contributed by atoms with Crippen molar-refractivity contribution in [2.75, 3.05) is 0 Å². The summed E-state index contributed by atoms with van der Waals surface area (Å²) in [6.45, 7) is 9.34. The Hall–Kier alpha value is -6.00. The molecule has 0 N–H and O–H groups in total. The molecular formula is C46H33N3O. The molecule has 9 aromatic rings. The fraction of sp³-hybridized carbons (Fsp3) is 0.130. The number of benzene rings is 6. The highest BCUT2D eigenvalue weighted by atomic mass is 16.3. The van der Waals surface area contributed by atoms with E-state index in [4.69, 9.17) is 14.4 Å². The fourth-order valence-corrected chi connectivity index (χ4v) is 9.24. The molecule has 0 amide bonds. The summed E-state index contributed by atoms with van der Waals surface area (Å²) in [6, 6.07) is 45.8. The van der Waals surface area contributed by atoms with Crippen molar-refractivity contribution in [2.24, 2.45) is 0 Å². The first kappa shape index (κ1) is 27.9. The van der Waals surface area contributed by atoms with Gasteiger partial charge >= 0.3 is 0 Å². The number of hydrogen-bond acceptors (Lipinski definition) is 3. The summed E-state index contributed by atoms with van der Waals surface area (Å²) in [6.07, 6.45) is 0. The molecule has 3 aromatic heterocycles. The van der Waals surface area contributed by atoms with Gasteiger partial charge in [0.1, 0.15) is 11.1 Å². The van der Waals surface area contributed by atoms with Crippen molar-refractivity contribution in [3.8, 4) is 39.5 Å². The van der Waals surface area contributed by atoms with Gasteiger partial charge in [0, 0.05) is 38.1 Å². The van der Waals surface area contributed by atoms with E-state index in [2.05, 4.69) is 154 Å². The molecule has 2 aliphatic rings. The fourth-order valence-electron chi connectivity index (χ4n) is 9.24. The van der Waals surface area contributed by atoms with Crippen LogP contribution in [0.5, 0.6) is 0 Å². The predicted molar refractivity (Wildman–Crippen MR) is 204 cm³/mol. The van der Waals surface area contributed by atoms with Crippen LogP contribution in [0, 0.1) is 0 Å². The molecule has 0 radical (unpaired) electrons. The van der Waals surface area contributed by atoms with E-state index >= 15 is 0 Å². The molecule has 4 heteroatoms. The topological polar surface area (TPSA) is 43.9 Å². The number of rotatable bonds is 2. The van der Waals surface area contributed by atoms with Gasteiger partial charge in [0.2, 0.25) is 0 Å². The molecule has 1 aliphatic heterocycles. The van der Waals surface area contributed by atoms with Crippen LogP contribution >= 0.6 is 0 Å². The Morgan fingerprint density at radius 3 is 2.14 bits per heavy atom. The lowest BCUT2D eigenvalue weighted by atomic mass is 9.74. The van der Waals surface area contributed by atoms with Gasteiger partial charge in [0.25, 0.3) is 0 Å². The Morgan fingerprint density at radius 2 is 1.24 bits per heavy atom. The number of aromatic nitrogens is 3. The second-order valence-electron chi connectivity index (χ2n) is 15.0. The normalized spacial score (nSPS) is 15.1. The summed E-state index contributed by atoms with van der Waals surface area (Å²) in [4.78, 5) is 10.7. The first-order valence-corrected chi connectivity index (χ1v) is 17.4. The molecule has 6 aromatic carbocycles. The van der Waals surface area contributed by atoms with Crippen LogP contribution in [0.25, 0.3) is 83.3 Å². The summed E-state index contributed by atoms with van der Waals surface area (Å²) in [5.74, 6) is 0.762. The lowest BCUT2D eigenvalue weighted by Crippen LogP contribution is -2.26. The van der Waals surface area contributed by atoms with Crippen molar-refractivity contribution in [3.63, 3.8) is 0 Å². The maximum absolute atomic E-state index is 6.54. The van der Waals surface area contributed by atoms with Gasteiger partial charge in [-0.05, 0) is 69.8 Å². The molecule has 238 valence electrons. The van der Waals surface area contributed by atoms with Gasteiger partial charge in [0.05, 0.1) is 22.4 Å². The first-order valence-electron chi connectivity index (χ1n) is 17.4. The van der Waals surface area contributed by atoms with E-state index in [0.717, 1.165) is 61.0 Å². The van der Waals surface area contributed by atoms with E-state index < -0.39 is 0 Å². The summed E-state index contributed by atoms with van der Waals surface area (Å²) in [5, 5.41) is 3.33. The Balaban J connectivity index is 1.17. The highest BCUT2D eigenvalue weighted by Gasteiger charge is 2.39. The minimum atomic E-state index is -0.256. The maximum Gasteiger partial charge on any atom is 0.161 e. The zero-order valence-corrected chi connectivity index (χ0v) is 28.4. The van der Waals surface area contributed by atoms with Crippen LogP contribution in [0.1, 0.15) is 49.9 Å². The van der Waals surface area contributed by atoms with E-state index in [-0.39, 0.29) is 10.8 Å². The molecule has 0 bridgehead atoms. The molecule has 0 atom stereocenters. The molecule has 0 saturated carbocycles. The van der Waals surface area contributed by atoms with Crippen LogP contribution in [0.2, 0.25) is 0 Å². The highest BCUT2D eigenvalue weighted by Crippen LogP contribution is 2.53. The summed E-state index contributed by atoms with van der Waals surface area (Å²) < 4.78 is 8.98. The number of nitrogens with zero attached hydrogens (tertiary/aromatic N) is 3. The Bertz CT molecular complexity index is 2940. The Morgan fingerprint density at radius 1 is 0.540 bits per heavy atom. The Kier molecular flexibility index (Phi) is 5.23. The number of fused-ring (bicyclic) bond motifs is 11. The van der Waals surface area contributed by atoms with Gasteiger partial charge < -0.3 is 8.98 Å². The smallest absolute Gasteiger partial charge is 0.161 e. The quantitative estimate of drug-likeness (QED) is 0.188. The predicted octanol–water partition coefficient (Wildman–Crippen LogP) is 11.8. The molecule has 4 nitrogen and oxygen atoms in total. The number of para-hydroxylation sites is 3. The molecule has 0 saturated heterocycles. The lowest BCUT2D eigenvalue weighted by Gasteiger charge is -2.35. The van der Waals surface area contributed by atoms with Gasteiger partial charge in [0.15, 0.2) is 11.4 Å². The van der Waals surface area contributed by atoms with Crippen LogP contribution in [0.4, 0.5) is 0 Å². The second-order valence-corrected chi connectivity index (χ2v) is 15.0. The molecule has 0 fully saturated rings. The first-order chi connectivity index (χ1) is 24.3. The molecule has 50 heavy (non-hydrogen) atoms. The Labute approximate surface area is 289 Å². The minimum absolute atomic E-state index is 0.175. The maximum atomic E-state index is 6.54. The monoisotopic (exact) mass is 643 g/mol.